The van der Waals surface area contributed by atoms with Crippen LogP contribution in [0.2, 0.25) is 0 Å². The molecule has 2 aromatic rings. The highest BCUT2D eigenvalue weighted by molar-refractivity contribution is 5.84. The van der Waals surface area contributed by atoms with Crippen molar-refractivity contribution < 1.29 is 14.3 Å². The molecule has 0 aliphatic carbocycles. The normalized spacial score (nSPS) is 10.8. The maximum absolute atomic E-state index is 10.6. The van der Waals surface area contributed by atoms with Crippen LogP contribution in [0.5, 0.6) is 0 Å². The van der Waals surface area contributed by atoms with Gasteiger partial charge in [0.1, 0.15) is 5.76 Å². The van der Waals surface area contributed by atoms with Gasteiger partial charge in [-0.25, -0.2) is 9.78 Å². The Morgan fingerprint density at radius 3 is 3.05 bits per heavy atom. The number of carboxylic acid groups (broad SMARTS) is 1. The number of aromatic nitrogens is 4. The lowest BCUT2D eigenvalue weighted by molar-refractivity contribution is 0.0690. The van der Waals surface area contributed by atoms with Gasteiger partial charge in [0.25, 0.3) is 0 Å². The molecule has 2 heterocycles. The summed E-state index contributed by atoms with van der Waals surface area (Å²) in [6, 6.07) is 0. The van der Waals surface area contributed by atoms with Crippen molar-refractivity contribution >= 4 is 5.97 Å². The first-order valence-corrected chi connectivity index (χ1v) is 5.96. The first-order valence-electron chi connectivity index (χ1n) is 5.96. The molecule has 19 heavy (non-hydrogen) atoms. The van der Waals surface area contributed by atoms with Crippen molar-refractivity contribution in [1.29, 1.82) is 0 Å². The van der Waals surface area contributed by atoms with Crippen LogP contribution >= 0.6 is 0 Å². The van der Waals surface area contributed by atoms with Gasteiger partial charge < -0.3 is 14.8 Å². The largest absolute Gasteiger partial charge is 0.476 e. The van der Waals surface area contributed by atoms with Crippen molar-refractivity contribution in [3.05, 3.63) is 29.7 Å². The smallest absolute Gasteiger partial charge is 0.358 e. The van der Waals surface area contributed by atoms with Crippen LogP contribution in [0.4, 0.5) is 0 Å². The highest BCUT2D eigenvalue weighted by Gasteiger charge is 2.07. The lowest BCUT2D eigenvalue weighted by Crippen LogP contribution is -2.20. The molecule has 0 aliphatic heterocycles. The summed E-state index contributed by atoms with van der Waals surface area (Å²) in [4.78, 5) is 14.7. The Morgan fingerprint density at radius 1 is 1.58 bits per heavy atom. The van der Waals surface area contributed by atoms with Gasteiger partial charge >= 0.3 is 5.97 Å². The predicted molar refractivity (Wildman–Crippen MR) is 64.6 cm³/mol. The Labute approximate surface area is 109 Å². The molecule has 0 saturated carbocycles. The molecule has 8 heteroatoms. The van der Waals surface area contributed by atoms with Crippen molar-refractivity contribution in [3.8, 4) is 0 Å². The lowest BCUT2D eigenvalue weighted by atomic mass is 10.4. The molecule has 8 nitrogen and oxygen atoms in total. The number of rotatable bonds is 7. The Kier molecular flexibility index (Phi) is 4.24. The van der Waals surface area contributed by atoms with E-state index in [2.05, 4.69) is 20.6 Å². The lowest BCUT2D eigenvalue weighted by Gasteiger charge is -2.01. The number of aryl methyl sites for hydroxylation is 1. The average molecular weight is 265 g/mol. The predicted octanol–water partition coefficient (Wildman–Crippen LogP) is 0.316. The Morgan fingerprint density at radius 2 is 2.42 bits per heavy atom. The third kappa shape index (κ3) is 3.62. The van der Waals surface area contributed by atoms with E-state index >= 15 is 0 Å². The molecule has 0 unspecified atom stereocenters. The second-order valence-electron chi connectivity index (χ2n) is 3.92. The third-order valence-electron chi connectivity index (χ3n) is 2.50. The zero-order chi connectivity index (χ0) is 13.7. The number of nitrogens with zero attached hydrogens (tertiary/aromatic N) is 4. The zero-order valence-corrected chi connectivity index (χ0v) is 10.5. The molecule has 2 aromatic heterocycles. The number of hydrogen-bond donors (Lipinski definition) is 2. The van der Waals surface area contributed by atoms with E-state index in [0.29, 0.717) is 25.5 Å². The monoisotopic (exact) mass is 265 g/mol. The fourth-order valence-electron chi connectivity index (χ4n) is 1.49. The van der Waals surface area contributed by atoms with E-state index in [9.17, 15) is 4.79 Å². The van der Waals surface area contributed by atoms with Gasteiger partial charge in [-0.15, -0.1) is 5.10 Å². The van der Waals surface area contributed by atoms with Gasteiger partial charge in [0, 0.05) is 13.0 Å². The van der Waals surface area contributed by atoms with Crippen molar-refractivity contribution in [2.24, 2.45) is 0 Å². The summed E-state index contributed by atoms with van der Waals surface area (Å²) in [6.45, 7) is 3.68. The van der Waals surface area contributed by atoms with Crippen LogP contribution < -0.4 is 5.32 Å². The van der Waals surface area contributed by atoms with Crippen LogP contribution in [0.15, 0.2) is 16.8 Å². The van der Waals surface area contributed by atoms with Gasteiger partial charge in [0.2, 0.25) is 5.89 Å². The van der Waals surface area contributed by atoms with E-state index in [-0.39, 0.29) is 5.69 Å². The molecule has 2 rings (SSSR count). The number of aromatic carboxylic acids is 1. The summed E-state index contributed by atoms with van der Waals surface area (Å²) >= 11 is 0. The number of hydrogen-bond acceptors (Lipinski definition) is 6. The molecule has 0 fully saturated rings. The Bertz CT molecular complexity index is 548. The molecule has 0 aromatic carbocycles. The fraction of sp³-hybridized carbons (Fsp3) is 0.455. The zero-order valence-electron chi connectivity index (χ0n) is 10.5. The highest BCUT2D eigenvalue weighted by atomic mass is 16.4. The van der Waals surface area contributed by atoms with E-state index in [1.54, 1.807) is 6.20 Å². The van der Waals surface area contributed by atoms with E-state index in [1.807, 2.05) is 6.92 Å². The first-order chi connectivity index (χ1) is 9.19. The van der Waals surface area contributed by atoms with Crippen molar-refractivity contribution in [2.45, 2.75) is 26.4 Å². The number of oxazole rings is 1. The summed E-state index contributed by atoms with van der Waals surface area (Å²) in [5, 5.41) is 19.1. The molecule has 2 N–H and O–H groups in total. The molecule has 0 spiro atoms. The second-order valence-corrected chi connectivity index (χ2v) is 3.92. The van der Waals surface area contributed by atoms with Crippen molar-refractivity contribution in [1.82, 2.24) is 25.3 Å². The molecule has 102 valence electrons. The van der Waals surface area contributed by atoms with Crippen LogP contribution in [-0.2, 0) is 19.5 Å². The van der Waals surface area contributed by atoms with E-state index < -0.39 is 5.97 Å². The summed E-state index contributed by atoms with van der Waals surface area (Å²) in [5.41, 5.74) is -0.0553. The fourth-order valence-corrected chi connectivity index (χ4v) is 1.49. The highest BCUT2D eigenvalue weighted by Crippen LogP contribution is 2.03. The molecular formula is C11H15N5O3. The Balaban J connectivity index is 1.72. The van der Waals surface area contributed by atoms with Gasteiger partial charge in [0.05, 0.1) is 25.5 Å². The van der Waals surface area contributed by atoms with E-state index in [0.717, 1.165) is 12.2 Å². The Hall–Kier alpha value is -2.22. The van der Waals surface area contributed by atoms with Gasteiger partial charge in [-0.3, -0.25) is 4.68 Å². The van der Waals surface area contributed by atoms with E-state index in [1.165, 1.54) is 10.9 Å². The van der Waals surface area contributed by atoms with Crippen LogP contribution in [0.25, 0.3) is 0 Å². The van der Waals surface area contributed by atoms with Gasteiger partial charge in [0.15, 0.2) is 5.69 Å². The van der Waals surface area contributed by atoms with Crippen molar-refractivity contribution in [2.75, 3.05) is 6.54 Å². The van der Waals surface area contributed by atoms with Crippen molar-refractivity contribution in [3.63, 3.8) is 0 Å². The number of nitrogens with one attached hydrogen (secondary N) is 1. The average Bonchev–Trinajstić information content (AvgIpc) is 3.03. The van der Waals surface area contributed by atoms with Gasteiger partial charge in [-0.2, -0.15) is 0 Å². The SMILES string of the molecule is CCc1cnc(CNCCn2cc(C(=O)O)nn2)o1. The summed E-state index contributed by atoms with van der Waals surface area (Å²) < 4.78 is 6.91. The quantitative estimate of drug-likeness (QED) is 0.694. The van der Waals surface area contributed by atoms with Crippen LogP contribution in [0, 0.1) is 0 Å². The standard InChI is InChI=1S/C11H15N5O3/c1-2-8-5-13-10(19-8)6-12-3-4-16-7-9(11(17)18)14-15-16/h5,7,12H,2-4,6H2,1H3,(H,17,18). The second kappa shape index (κ2) is 6.10. The van der Waals surface area contributed by atoms with Crippen LogP contribution in [0.3, 0.4) is 0 Å². The maximum Gasteiger partial charge on any atom is 0.358 e. The molecule has 0 bridgehead atoms. The molecule has 0 amide bonds. The maximum atomic E-state index is 10.6. The summed E-state index contributed by atoms with van der Waals surface area (Å²) in [6.07, 6.45) is 3.93. The summed E-state index contributed by atoms with van der Waals surface area (Å²) in [7, 11) is 0. The number of carboxylic acids is 1. The van der Waals surface area contributed by atoms with Gasteiger partial charge in [-0.05, 0) is 0 Å². The number of carbonyl (C=O) groups is 1. The van der Waals surface area contributed by atoms with Gasteiger partial charge in [-0.1, -0.05) is 12.1 Å². The minimum atomic E-state index is -1.08. The molecular weight excluding hydrogens is 250 g/mol. The minimum Gasteiger partial charge on any atom is -0.476 e. The van der Waals surface area contributed by atoms with E-state index in [4.69, 9.17) is 9.52 Å². The molecule has 0 saturated heterocycles. The molecule has 0 aliphatic rings. The summed E-state index contributed by atoms with van der Waals surface area (Å²) in [5.74, 6) is 0.423. The third-order valence-corrected chi connectivity index (χ3v) is 2.50. The first kappa shape index (κ1) is 13.2. The topological polar surface area (TPSA) is 106 Å². The minimum absolute atomic E-state index is 0.0553. The van der Waals surface area contributed by atoms with Crippen LogP contribution in [0.1, 0.15) is 29.1 Å². The molecule has 0 radical (unpaired) electrons. The van der Waals surface area contributed by atoms with Crippen LogP contribution in [-0.4, -0.2) is 37.6 Å². The molecule has 0 atom stereocenters.